The zero-order valence-corrected chi connectivity index (χ0v) is 14.1. The van der Waals surface area contributed by atoms with E-state index in [9.17, 15) is 13.5 Å². The number of phenolic OH excluding ortho intramolecular Hbond substituents is 1. The molecule has 1 aromatic heterocycles. The van der Waals surface area contributed by atoms with Crippen LogP contribution in [0.5, 0.6) is 5.75 Å². The number of benzene rings is 2. The number of hydrogen-bond acceptors (Lipinski definition) is 6. The molecule has 0 amide bonds. The first-order chi connectivity index (χ1) is 12.5. The number of rotatable bonds is 3. The molecule has 7 nitrogen and oxygen atoms in total. The fourth-order valence-corrected chi connectivity index (χ4v) is 4.26. The largest absolute Gasteiger partial charge is 0.508 e. The number of fused-ring (bicyclic) bond motifs is 1. The minimum absolute atomic E-state index is 0.0395. The molecule has 8 heteroatoms. The lowest BCUT2D eigenvalue weighted by Gasteiger charge is -2.23. The fourth-order valence-electron chi connectivity index (χ4n) is 2.84. The van der Waals surface area contributed by atoms with E-state index < -0.39 is 9.84 Å². The first-order valence-electron chi connectivity index (χ1n) is 7.59. The van der Waals surface area contributed by atoms with Crippen LogP contribution >= 0.6 is 0 Å². The summed E-state index contributed by atoms with van der Waals surface area (Å²) >= 11 is 0. The van der Waals surface area contributed by atoms with Gasteiger partial charge in [-0.05, 0) is 42.5 Å². The zero-order chi connectivity index (χ0) is 18.3. The van der Waals surface area contributed by atoms with Gasteiger partial charge in [0.05, 0.1) is 27.6 Å². The topological polar surface area (TPSA) is 110 Å². The van der Waals surface area contributed by atoms with Crippen molar-refractivity contribution in [3.05, 3.63) is 71.4 Å². The second-order valence-electron chi connectivity index (χ2n) is 5.64. The average Bonchev–Trinajstić information content (AvgIpc) is 3.23. The highest BCUT2D eigenvalue weighted by Gasteiger charge is 2.32. The summed E-state index contributed by atoms with van der Waals surface area (Å²) in [6, 6.07) is 13.0. The number of aromatic hydroxyl groups is 1. The minimum Gasteiger partial charge on any atom is -0.508 e. The smallest absolute Gasteiger partial charge is 0.212 e. The summed E-state index contributed by atoms with van der Waals surface area (Å²) in [7, 11) is -3.69. The molecular weight excluding hydrogens is 352 g/mol. The van der Waals surface area contributed by atoms with Gasteiger partial charge in [-0.3, -0.25) is 4.90 Å². The second-order valence-corrected chi connectivity index (χ2v) is 7.40. The zero-order valence-electron chi connectivity index (χ0n) is 13.3. The number of anilines is 2. The van der Waals surface area contributed by atoms with Crippen molar-refractivity contribution in [1.29, 1.82) is 5.26 Å². The van der Waals surface area contributed by atoms with Gasteiger partial charge in [0.1, 0.15) is 5.75 Å². The molecule has 0 radical (unpaired) electrons. The van der Waals surface area contributed by atoms with E-state index >= 15 is 0 Å². The van der Waals surface area contributed by atoms with Crippen LogP contribution in [0.2, 0.25) is 0 Å². The van der Waals surface area contributed by atoms with E-state index in [4.69, 9.17) is 5.26 Å². The number of phenols is 1. The average molecular weight is 364 g/mol. The molecule has 2 aromatic carbocycles. The van der Waals surface area contributed by atoms with Crippen molar-refractivity contribution in [1.82, 2.24) is 9.97 Å². The number of sulfone groups is 1. The van der Waals surface area contributed by atoms with Crippen LogP contribution in [0.3, 0.4) is 0 Å². The van der Waals surface area contributed by atoms with Gasteiger partial charge in [-0.25, -0.2) is 13.4 Å². The number of nitrogens with one attached hydrogen (secondary N) is 1. The highest BCUT2D eigenvalue weighted by atomic mass is 32.2. The van der Waals surface area contributed by atoms with Gasteiger partial charge < -0.3 is 10.1 Å². The molecule has 0 bridgehead atoms. The van der Waals surface area contributed by atoms with Gasteiger partial charge in [-0.2, -0.15) is 5.26 Å². The van der Waals surface area contributed by atoms with Crippen LogP contribution in [0.4, 0.5) is 11.6 Å². The monoisotopic (exact) mass is 364 g/mol. The van der Waals surface area contributed by atoms with Crippen LogP contribution in [0.1, 0.15) is 11.1 Å². The molecule has 0 fully saturated rings. The van der Waals surface area contributed by atoms with Crippen molar-refractivity contribution < 1.29 is 13.5 Å². The molecule has 2 heterocycles. The molecule has 0 aliphatic carbocycles. The van der Waals surface area contributed by atoms with E-state index in [1.54, 1.807) is 47.6 Å². The third kappa shape index (κ3) is 2.51. The molecule has 26 heavy (non-hydrogen) atoms. The first kappa shape index (κ1) is 15.9. The number of nitrogens with zero attached hydrogens (tertiary/aromatic N) is 3. The molecule has 0 spiro atoms. The predicted octanol–water partition coefficient (Wildman–Crippen LogP) is 2.91. The number of aromatic amines is 1. The Kier molecular flexibility index (Phi) is 3.52. The molecule has 4 rings (SSSR count). The molecule has 0 unspecified atom stereocenters. The summed E-state index contributed by atoms with van der Waals surface area (Å²) in [4.78, 5) is 8.91. The van der Waals surface area contributed by atoms with E-state index in [-0.39, 0.29) is 10.6 Å². The minimum atomic E-state index is -3.69. The van der Waals surface area contributed by atoms with E-state index in [1.807, 2.05) is 0 Å². The number of H-pyrrole nitrogens is 1. The Balaban J connectivity index is 1.93. The summed E-state index contributed by atoms with van der Waals surface area (Å²) in [6.07, 6.45) is 3.20. The van der Waals surface area contributed by atoms with Crippen LogP contribution in [0, 0.1) is 11.3 Å². The lowest BCUT2D eigenvalue weighted by molar-refractivity contribution is 0.473. The number of hydrogen-bond donors (Lipinski definition) is 2. The van der Waals surface area contributed by atoms with Crippen LogP contribution in [0.25, 0.3) is 5.70 Å². The van der Waals surface area contributed by atoms with E-state index in [0.717, 1.165) is 5.41 Å². The van der Waals surface area contributed by atoms with E-state index in [2.05, 4.69) is 16.0 Å². The normalized spacial score (nSPS) is 14.3. The Morgan fingerprint density at radius 2 is 1.92 bits per heavy atom. The highest BCUT2D eigenvalue weighted by Crippen LogP contribution is 2.41. The van der Waals surface area contributed by atoms with Crippen molar-refractivity contribution in [2.45, 2.75) is 4.90 Å². The lowest BCUT2D eigenvalue weighted by atomic mass is 10.1. The Bertz CT molecular complexity index is 1160. The van der Waals surface area contributed by atoms with Crippen molar-refractivity contribution >= 4 is 27.2 Å². The molecule has 0 saturated heterocycles. The van der Waals surface area contributed by atoms with Crippen molar-refractivity contribution in [2.24, 2.45) is 0 Å². The molecule has 128 valence electrons. The highest BCUT2D eigenvalue weighted by molar-refractivity contribution is 7.95. The van der Waals surface area contributed by atoms with Crippen molar-refractivity contribution in [2.75, 3.05) is 4.90 Å². The quantitative estimate of drug-likeness (QED) is 0.739. The SMILES string of the molecule is N#Cc1ccc(N(C2=CS(=O)(=O)c3cc(O)ccc32)c2ncc[nH]2)cc1. The van der Waals surface area contributed by atoms with Gasteiger partial charge >= 0.3 is 0 Å². The van der Waals surface area contributed by atoms with Gasteiger partial charge in [0.15, 0.2) is 0 Å². The fraction of sp³-hybridized carbons (Fsp3) is 0. The summed E-state index contributed by atoms with van der Waals surface area (Å²) in [5, 5.41) is 19.8. The van der Waals surface area contributed by atoms with Crippen LogP contribution in [-0.2, 0) is 9.84 Å². The second kappa shape index (κ2) is 5.75. The molecule has 1 aliphatic heterocycles. The molecule has 3 aromatic rings. The van der Waals surface area contributed by atoms with Gasteiger partial charge in [0, 0.05) is 23.6 Å². The molecule has 0 saturated carbocycles. The Labute approximate surface area is 149 Å². The maximum Gasteiger partial charge on any atom is 0.212 e. The Hall–Kier alpha value is -3.57. The molecule has 2 N–H and O–H groups in total. The van der Waals surface area contributed by atoms with Crippen molar-refractivity contribution in [3.8, 4) is 11.8 Å². The first-order valence-corrected chi connectivity index (χ1v) is 9.14. The number of imidazole rings is 1. The Morgan fingerprint density at radius 1 is 1.15 bits per heavy atom. The summed E-state index contributed by atoms with van der Waals surface area (Å²) in [5.74, 6) is 0.307. The standard InChI is InChI=1S/C18H12N4O3S/c19-10-12-1-3-13(4-2-12)22(18-20-7-8-21-18)16-11-26(24,25)17-9-14(23)5-6-15(16)17/h1-9,11,23H,(H,20,21). The third-order valence-electron chi connectivity index (χ3n) is 4.01. The summed E-state index contributed by atoms with van der Waals surface area (Å²) < 4.78 is 25.1. The van der Waals surface area contributed by atoms with Gasteiger partial charge in [-0.15, -0.1) is 0 Å². The Morgan fingerprint density at radius 3 is 2.58 bits per heavy atom. The van der Waals surface area contributed by atoms with Crippen LogP contribution < -0.4 is 4.90 Å². The van der Waals surface area contributed by atoms with Crippen molar-refractivity contribution in [3.63, 3.8) is 0 Å². The van der Waals surface area contributed by atoms with E-state index in [0.29, 0.717) is 28.5 Å². The molecule has 0 atom stereocenters. The molecular formula is C18H12N4O3S. The number of nitriles is 1. The predicted molar refractivity (Wildman–Crippen MR) is 95.2 cm³/mol. The lowest BCUT2D eigenvalue weighted by Crippen LogP contribution is -2.16. The third-order valence-corrected chi connectivity index (χ3v) is 5.49. The van der Waals surface area contributed by atoms with E-state index in [1.165, 1.54) is 12.1 Å². The maximum absolute atomic E-state index is 12.5. The maximum atomic E-state index is 12.5. The summed E-state index contributed by atoms with van der Waals surface area (Å²) in [5.41, 5.74) is 2.00. The molecule has 1 aliphatic rings. The van der Waals surface area contributed by atoms with Crippen LogP contribution in [0.15, 0.2) is 65.2 Å². The number of aromatic nitrogens is 2. The van der Waals surface area contributed by atoms with Gasteiger partial charge in [0.2, 0.25) is 15.8 Å². The van der Waals surface area contributed by atoms with Gasteiger partial charge in [0.25, 0.3) is 0 Å². The summed E-state index contributed by atoms with van der Waals surface area (Å²) in [6.45, 7) is 0. The van der Waals surface area contributed by atoms with Crippen LogP contribution in [-0.4, -0.2) is 23.5 Å². The van der Waals surface area contributed by atoms with Gasteiger partial charge in [-0.1, -0.05) is 0 Å².